The minimum Gasteiger partial charge on any atom is -0.484 e. The van der Waals surface area contributed by atoms with Crippen molar-refractivity contribution in [2.75, 3.05) is 6.61 Å². The average Bonchev–Trinajstić information content (AvgIpc) is 3.04. The molecule has 0 radical (unpaired) electrons. The van der Waals surface area contributed by atoms with Crippen molar-refractivity contribution >= 4 is 28.3 Å². The van der Waals surface area contributed by atoms with Gasteiger partial charge in [0.1, 0.15) is 5.75 Å². The van der Waals surface area contributed by atoms with Crippen LogP contribution in [0.2, 0.25) is 5.02 Å². The number of benzene rings is 2. The van der Waals surface area contributed by atoms with Gasteiger partial charge in [0, 0.05) is 22.7 Å². The Balaban J connectivity index is 1.80. The normalized spacial score (nSPS) is 10.5. The molecule has 24 heavy (non-hydrogen) atoms. The molecule has 5 heteroatoms. The van der Waals surface area contributed by atoms with Crippen molar-refractivity contribution in [1.82, 2.24) is 4.98 Å². The molecule has 0 bridgehead atoms. The Bertz CT molecular complexity index is 954. The van der Waals surface area contributed by atoms with E-state index in [1.165, 1.54) is 11.6 Å². The molecule has 0 saturated heterocycles. The van der Waals surface area contributed by atoms with Gasteiger partial charge in [-0.1, -0.05) is 36.7 Å². The highest BCUT2D eigenvalue weighted by atomic mass is 35.5. The predicted octanol–water partition coefficient (Wildman–Crippen LogP) is 4.52. The lowest BCUT2D eigenvalue weighted by Crippen LogP contribution is -2.11. The van der Waals surface area contributed by atoms with Crippen LogP contribution in [0.3, 0.4) is 0 Å². The summed E-state index contributed by atoms with van der Waals surface area (Å²) in [5, 5.41) is 10.0. The lowest BCUT2D eigenvalue weighted by molar-refractivity contribution is 0.0923. The maximum atomic E-state index is 12.5. The van der Waals surface area contributed by atoms with E-state index in [1.807, 2.05) is 24.3 Å². The summed E-state index contributed by atoms with van der Waals surface area (Å²) >= 11 is 6.06. The molecule has 0 aliphatic rings. The van der Waals surface area contributed by atoms with E-state index in [4.69, 9.17) is 21.6 Å². The first-order chi connectivity index (χ1) is 11.6. The standard InChI is InChI=1S/C19H15ClN2O2/c1-2-13-4-3-5-14-15(10-22-19(13)14)17(23)11-24-18-7-6-12(9-21)8-16(18)20/h3-8,10,22H,2,11H2,1H3. The summed E-state index contributed by atoms with van der Waals surface area (Å²) in [6.45, 7) is 1.96. The SMILES string of the molecule is CCc1cccc2c(C(=O)COc3ccc(C#N)cc3Cl)c[nH]c12. The lowest BCUT2D eigenvalue weighted by atomic mass is 10.1. The molecule has 1 aromatic heterocycles. The smallest absolute Gasteiger partial charge is 0.202 e. The van der Waals surface area contributed by atoms with Crippen molar-refractivity contribution in [3.8, 4) is 11.8 Å². The lowest BCUT2D eigenvalue weighted by Gasteiger charge is -2.07. The predicted molar refractivity (Wildman–Crippen MR) is 93.7 cm³/mol. The number of carbonyl (C=O) groups is 1. The Hall–Kier alpha value is -2.77. The van der Waals surface area contributed by atoms with E-state index < -0.39 is 0 Å². The number of ketones is 1. The number of rotatable bonds is 5. The summed E-state index contributed by atoms with van der Waals surface area (Å²) in [7, 11) is 0. The van der Waals surface area contributed by atoms with Gasteiger partial charge in [-0.05, 0) is 30.2 Å². The molecule has 2 aromatic carbocycles. The van der Waals surface area contributed by atoms with E-state index >= 15 is 0 Å². The summed E-state index contributed by atoms with van der Waals surface area (Å²) in [5.74, 6) is 0.257. The van der Waals surface area contributed by atoms with E-state index in [2.05, 4.69) is 11.9 Å². The largest absolute Gasteiger partial charge is 0.484 e. The van der Waals surface area contributed by atoms with Gasteiger partial charge in [0.05, 0.1) is 16.7 Å². The van der Waals surface area contributed by atoms with Gasteiger partial charge >= 0.3 is 0 Å². The number of nitrogens with zero attached hydrogens (tertiary/aromatic N) is 1. The molecule has 1 heterocycles. The summed E-state index contributed by atoms with van der Waals surface area (Å²) in [6, 6.07) is 12.6. The number of nitrogens with one attached hydrogen (secondary N) is 1. The molecule has 0 atom stereocenters. The number of halogens is 1. The third-order valence-electron chi connectivity index (χ3n) is 3.90. The first kappa shape index (κ1) is 16.1. The van der Waals surface area contributed by atoms with Gasteiger partial charge in [-0.25, -0.2) is 0 Å². The fourth-order valence-electron chi connectivity index (χ4n) is 2.65. The van der Waals surface area contributed by atoms with E-state index in [0.717, 1.165) is 17.3 Å². The molecule has 1 N–H and O–H groups in total. The van der Waals surface area contributed by atoms with Crippen LogP contribution in [0.1, 0.15) is 28.4 Å². The first-order valence-electron chi connectivity index (χ1n) is 7.58. The van der Waals surface area contributed by atoms with Crippen molar-refractivity contribution in [3.05, 3.63) is 64.3 Å². The van der Waals surface area contributed by atoms with Crippen LogP contribution in [0, 0.1) is 11.3 Å². The third-order valence-corrected chi connectivity index (χ3v) is 4.20. The Morgan fingerprint density at radius 1 is 1.33 bits per heavy atom. The third kappa shape index (κ3) is 2.99. The number of aryl methyl sites for hydroxylation is 1. The molecule has 0 unspecified atom stereocenters. The summed E-state index contributed by atoms with van der Waals surface area (Å²) in [5.41, 5.74) is 3.20. The first-order valence-corrected chi connectivity index (χ1v) is 7.96. The molecule has 0 fully saturated rings. The molecule has 4 nitrogen and oxygen atoms in total. The van der Waals surface area contributed by atoms with Crippen molar-refractivity contribution in [2.45, 2.75) is 13.3 Å². The van der Waals surface area contributed by atoms with Crippen molar-refractivity contribution < 1.29 is 9.53 Å². The average molecular weight is 339 g/mol. The van der Waals surface area contributed by atoms with Gasteiger partial charge in [0.2, 0.25) is 5.78 Å². The second-order valence-electron chi connectivity index (χ2n) is 5.36. The van der Waals surface area contributed by atoms with Crippen LogP contribution < -0.4 is 4.74 Å². The summed E-state index contributed by atoms with van der Waals surface area (Å²) in [4.78, 5) is 15.7. The van der Waals surface area contributed by atoms with E-state index in [1.54, 1.807) is 18.3 Å². The zero-order valence-corrected chi connectivity index (χ0v) is 13.9. The van der Waals surface area contributed by atoms with Crippen LogP contribution in [0.25, 0.3) is 10.9 Å². The fourth-order valence-corrected chi connectivity index (χ4v) is 2.89. The number of aromatic amines is 1. The number of hydrogen-bond donors (Lipinski definition) is 1. The molecule has 0 aliphatic carbocycles. The molecule has 0 spiro atoms. The fraction of sp³-hybridized carbons (Fsp3) is 0.158. The number of H-pyrrole nitrogens is 1. The summed E-state index contributed by atoms with van der Waals surface area (Å²) in [6.07, 6.45) is 2.61. The Morgan fingerprint density at radius 2 is 2.17 bits per heavy atom. The van der Waals surface area contributed by atoms with Crippen molar-refractivity contribution in [3.63, 3.8) is 0 Å². The number of carbonyl (C=O) groups excluding carboxylic acids is 1. The van der Waals surface area contributed by atoms with Gasteiger partial charge in [-0.15, -0.1) is 0 Å². The Kier molecular flexibility index (Phi) is 4.54. The molecule has 120 valence electrons. The highest BCUT2D eigenvalue weighted by molar-refractivity contribution is 6.32. The van der Waals surface area contributed by atoms with Gasteiger partial charge in [0.15, 0.2) is 6.61 Å². The maximum Gasteiger partial charge on any atom is 0.202 e. The second kappa shape index (κ2) is 6.77. The molecule has 0 saturated carbocycles. The molecular weight excluding hydrogens is 324 g/mol. The molecular formula is C19H15ClN2O2. The minimum absolute atomic E-state index is 0.116. The maximum absolute atomic E-state index is 12.5. The van der Waals surface area contributed by atoms with Crippen molar-refractivity contribution in [2.24, 2.45) is 0 Å². The number of para-hydroxylation sites is 1. The van der Waals surface area contributed by atoms with Crippen LogP contribution in [0.15, 0.2) is 42.6 Å². The molecule has 3 aromatic rings. The Morgan fingerprint density at radius 3 is 2.88 bits per heavy atom. The highest BCUT2D eigenvalue weighted by Crippen LogP contribution is 2.26. The minimum atomic E-state index is -0.130. The molecule has 0 aliphatic heterocycles. The zero-order valence-electron chi connectivity index (χ0n) is 13.1. The molecule has 0 amide bonds. The zero-order chi connectivity index (χ0) is 17.1. The summed E-state index contributed by atoms with van der Waals surface area (Å²) < 4.78 is 5.52. The number of nitriles is 1. The van der Waals surface area contributed by atoms with Gasteiger partial charge in [-0.3, -0.25) is 4.79 Å². The number of fused-ring (bicyclic) bond motifs is 1. The van der Waals surface area contributed by atoms with E-state index in [-0.39, 0.29) is 12.4 Å². The van der Waals surface area contributed by atoms with Crippen LogP contribution in [0.5, 0.6) is 5.75 Å². The monoisotopic (exact) mass is 338 g/mol. The number of aromatic nitrogens is 1. The topological polar surface area (TPSA) is 65.9 Å². The number of hydrogen-bond acceptors (Lipinski definition) is 3. The van der Waals surface area contributed by atoms with Crippen molar-refractivity contribution in [1.29, 1.82) is 5.26 Å². The molecule has 3 rings (SSSR count). The number of ether oxygens (including phenoxy) is 1. The second-order valence-corrected chi connectivity index (χ2v) is 5.77. The highest BCUT2D eigenvalue weighted by Gasteiger charge is 2.15. The van der Waals surface area contributed by atoms with Crippen LogP contribution in [-0.2, 0) is 6.42 Å². The van der Waals surface area contributed by atoms with Crippen LogP contribution in [-0.4, -0.2) is 17.4 Å². The Labute approximate surface area is 144 Å². The number of Topliss-reactive ketones (excluding diaryl/α,β-unsaturated/α-hetero) is 1. The van der Waals surface area contributed by atoms with Gasteiger partial charge in [-0.2, -0.15) is 5.26 Å². The van der Waals surface area contributed by atoms with Crippen LogP contribution >= 0.6 is 11.6 Å². The quantitative estimate of drug-likeness (QED) is 0.696. The van der Waals surface area contributed by atoms with Gasteiger partial charge in [0.25, 0.3) is 0 Å². The van der Waals surface area contributed by atoms with E-state index in [9.17, 15) is 4.79 Å². The van der Waals surface area contributed by atoms with E-state index in [0.29, 0.717) is 21.9 Å². The van der Waals surface area contributed by atoms with Crippen LogP contribution in [0.4, 0.5) is 0 Å². The van der Waals surface area contributed by atoms with Gasteiger partial charge < -0.3 is 9.72 Å².